The summed E-state index contributed by atoms with van der Waals surface area (Å²) in [5, 5.41) is 9.81. The van der Waals surface area contributed by atoms with Crippen LogP contribution >= 0.6 is 0 Å². The number of benzene rings is 2. The summed E-state index contributed by atoms with van der Waals surface area (Å²) in [7, 11) is 2.54. The summed E-state index contributed by atoms with van der Waals surface area (Å²) < 4.78 is 5.39. The summed E-state index contributed by atoms with van der Waals surface area (Å²) in [5.74, 6) is 9.17. The highest BCUT2D eigenvalue weighted by Gasteiger charge is 2.50. The molecule has 0 aliphatic carbocycles. The van der Waals surface area contributed by atoms with Crippen LogP contribution in [0.3, 0.4) is 0 Å². The molecule has 0 bridgehead atoms. The summed E-state index contributed by atoms with van der Waals surface area (Å²) in [5.41, 5.74) is 2.70. The molecule has 2 saturated heterocycles. The maximum atomic E-state index is 13.0. The molecular formula is C27H31N5O5. The Labute approximate surface area is 215 Å². The number of amides is 3. The summed E-state index contributed by atoms with van der Waals surface area (Å²) in [6.07, 6.45) is 1.21. The molecule has 2 aromatic carbocycles. The Morgan fingerprint density at radius 3 is 2.08 bits per heavy atom. The van der Waals surface area contributed by atoms with Crippen LogP contribution in [0.2, 0.25) is 0 Å². The van der Waals surface area contributed by atoms with Crippen LogP contribution in [0.1, 0.15) is 40.4 Å². The summed E-state index contributed by atoms with van der Waals surface area (Å²) in [6, 6.07) is 14.7. The van der Waals surface area contributed by atoms with Gasteiger partial charge in [0.25, 0.3) is 17.7 Å². The number of carbonyl (C=O) groups excluding carboxylic acids is 3. The standard InChI is InChI=1S/C27H31N5O5/c1-26(24(34)29-36,25(35)31(3)28)30(2)23(33)22-12-10-20(11-13-22)5-4-19-6-8-21(9-7-19)16-32-15-14-27(32)17-37-18-27/h6-13,36H,14-18,28H2,1-3H3,(H,29,34)/t26-/m1/s1. The quantitative estimate of drug-likeness (QED) is 0.132. The molecule has 2 aliphatic heterocycles. The number of likely N-dealkylation sites (N-methyl/N-ethyl adjacent to an activating group) is 2. The van der Waals surface area contributed by atoms with Crippen LogP contribution in [-0.2, 0) is 20.9 Å². The Hall–Kier alpha value is -3.75. The van der Waals surface area contributed by atoms with Crippen LogP contribution in [0.4, 0.5) is 0 Å². The second-order valence-electron chi connectivity index (χ2n) is 9.71. The Kier molecular flexibility index (Phi) is 7.34. The van der Waals surface area contributed by atoms with E-state index in [0.717, 1.165) is 36.8 Å². The van der Waals surface area contributed by atoms with E-state index in [1.807, 2.05) is 12.1 Å². The number of hydrazine groups is 1. The molecule has 4 N–H and O–H groups in total. The van der Waals surface area contributed by atoms with Gasteiger partial charge in [0.1, 0.15) is 0 Å². The molecule has 2 aliphatic rings. The van der Waals surface area contributed by atoms with Crippen LogP contribution in [0, 0.1) is 11.8 Å². The zero-order valence-electron chi connectivity index (χ0n) is 21.2. The van der Waals surface area contributed by atoms with Crippen LogP contribution in [0.25, 0.3) is 0 Å². The number of likely N-dealkylation sites (tertiary alicyclic amines) is 1. The lowest BCUT2D eigenvalue weighted by molar-refractivity contribution is -0.195. The normalized spacial score (nSPS) is 17.3. The smallest absolute Gasteiger partial charge is 0.278 e. The average molecular weight is 506 g/mol. The fourth-order valence-electron chi connectivity index (χ4n) is 4.49. The van der Waals surface area contributed by atoms with Crippen LogP contribution in [0.5, 0.6) is 0 Å². The van der Waals surface area contributed by atoms with Crippen LogP contribution in [-0.4, -0.2) is 82.7 Å². The molecule has 2 fully saturated rings. The first kappa shape index (κ1) is 26.3. The van der Waals surface area contributed by atoms with Gasteiger partial charge < -0.3 is 9.64 Å². The second-order valence-corrected chi connectivity index (χ2v) is 9.71. The highest BCUT2D eigenvalue weighted by Crippen LogP contribution is 2.38. The maximum absolute atomic E-state index is 13.0. The fraction of sp³-hybridized carbons (Fsp3) is 0.370. The van der Waals surface area contributed by atoms with Crippen molar-refractivity contribution in [1.29, 1.82) is 0 Å². The molecule has 0 unspecified atom stereocenters. The maximum Gasteiger partial charge on any atom is 0.278 e. The largest absolute Gasteiger partial charge is 0.377 e. The molecule has 194 valence electrons. The van der Waals surface area contributed by atoms with Crippen molar-refractivity contribution in [3.63, 3.8) is 0 Å². The van der Waals surface area contributed by atoms with Gasteiger partial charge >= 0.3 is 0 Å². The van der Waals surface area contributed by atoms with E-state index in [2.05, 4.69) is 28.9 Å². The van der Waals surface area contributed by atoms with Crippen molar-refractivity contribution in [3.8, 4) is 11.8 Å². The van der Waals surface area contributed by atoms with Crippen molar-refractivity contribution in [3.05, 3.63) is 70.8 Å². The third-order valence-corrected chi connectivity index (χ3v) is 7.33. The van der Waals surface area contributed by atoms with Gasteiger partial charge in [-0.15, -0.1) is 0 Å². The Balaban J connectivity index is 1.41. The molecule has 2 heterocycles. The van der Waals surface area contributed by atoms with E-state index >= 15 is 0 Å². The fourth-order valence-corrected chi connectivity index (χ4v) is 4.49. The lowest BCUT2D eigenvalue weighted by atomic mass is 9.82. The number of ether oxygens (including phenoxy) is 1. The van der Waals surface area contributed by atoms with Gasteiger partial charge in [0, 0.05) is 43.9 Å². The van der Waals surface area contributed by atoms with Crippen LogP contribution < -0.4 is 11.3 Å². The number of hydrogen-bond acceptors (Lipinski definition) is 7. The first-order valence-corrected chi connectivity index (χ1v) is 11.9. The average Bonchev–Trinajstić information content (AvgIpc) is 2.87. The zero-order valence-corrected chi connectivity index (χ0v) is 21.2. The molecule has 1 atom stereocenters. The highest BCUT2D eigenvalue weighted by molar-refractivity contribution is 6.12. The third kappa shape index (κ3) is 4.95. The van der Waals surface area contributed by atoms with Crippen molar-refractivity contribution >= 4 is 17.7 Å². The molecule has 0 radical (unpaired) electrons. The van der Waals surface area contributed by atoms with Gasteiger partial charge in [-0.3, -0.25) is 29.5 Å². The topological polar surface area (TPSA) is 128 Å². The SMILES string of the molecule is CN(N)C(=O)[C@@](C)(C(=O)NO)N(C)C(=O)c1ccc(C#Cc2ccc(CN3CCC34COC4)cc2)cc1. The molecule has 1 spiro atoms. The van der Waals surface area contributed by atoms with Crippen molar-refractivity contribution in [2.24, 2.45) is 5.84 Å². The number of hydroxylamine groups is 1. The summed E-state index contributed by atoms with van der Waals surface area (Å²) in [6.45, 7) is 4.88. The molecule has 3 amide bonds. The second kappa shape index (κ2) is 10.3. The Morgan fingerprint density at radius 2 is 1.65 bits per heavy atom. The summed E-state index contributed by atoms with van der Waals surface area (Å²) in [4.78, 5) is 41.3. The van der Waals surface area contributed by atoms with E-state index in [-0.39, 0.29) is 11.1 Å². The van der Waals surface area contributed by atoms with E-state index in [0.29, 0.717) is 10.6 Å². The number of nitrogens with two attached hydrogens (primary N) is 1. The predicted octanol–water partition coefficient (Wildman–Crippen LogP) is 0.729. The summed E-state index contributed by atoms with van der Waals surface area (Å²) >= 11 is 0. The minimum Gasteiger partial charge on any atom is -0.377 e. The highest BCUT2D eigenvalue weighted by atomic mass is 16.5. The van der Waals surface area contributed by atoms with Crippen molar-refractivity contribution < 1.29 is 24.3 Å². The minimum absolute atomic E-state index is 0.238. The minimum atomic E-state index is -2.05. The lowest BCUT2D eigenvalue weighted by Crippen LogP contribution is -2.70. The van der Waals surface area contributed by atoms with E-state index in [1.165, 1.54) is 38.5 Å². The van der Waals surface area contributed by atoms with Crippen molar-refractivity contribution in [2.45, 2.75) is 31.0 Å². The Bertz CT molecular complexity index is 1240. The molecule has 0 aromatic heterocycles. The van der Waals surface area contributed by atoms with E-state index in [9.17, 15) is 14.4 Å². The van der Waals surface area contributed by atoms with Gasteiger partial charge in [-0.2, -0.15) is 0 Å². The van der Waals surface area contributed by atoms with Gasteiger partial charge in [-0.25, -0.2) is 11.3 Å². The lowest BCUT2D eigenvalue weighted by Gasteiger charge is -2.57. The van der Waals surface area contributed by atoms with E-state index in [1.54, 1.807) is 24.3 Å². The first-order chi connectivity index (χ1) is 17.6. The number of rotatable bonds is 6. The molecule has 4 rings (SSSR count). The van der Waals surface area contributed by atoms with E-state index in [4.69, 9.17) is 15.8 Å². The molecule has 10 heteroatoms. The molecular weight excluding hydrogens is 474 g/mol. The third-order valence-electron chi connectivity index (χ3n) is 7.33. The van der Waals surface area contributed by atoms with Crippen molar-refractivity contribution in [2.75, 3.05) is 33.9 Å². The number of nitrogens with zero attached hydrogens (tertiary/aromatic N) is 3. The van der Waals surface area contributed by atoms with Gasteiger partial charge in [-0.05, 0) is 55.3 Å². The molecule has 2 aromatic rings. The van der Waals surface area contributed by atoms with Gasteiger partial charge in [0.05, 0.1) is 18.8 Å². The zero-order chi connectivity index (χ0) is 26.8. The van der Waals surface area contributed by atoms with Crippen molar-refractivity contribution in [1.82, 2.24) is 20.3 Å². The molecule has 0 saturated carbocycles. The predicted molar refractivity (Wildman–Crippen MR) is 135 cm³/mol. The van der Waals surface area contributed by atoms with Crippen LogP contribution in [0.15, 0.2) is 48.5 Å². The van der Waals surface area contributed by atoms with E-state index < -0.39 is 23.3 Å². The van der Waals surface area contributed by atoms with Gasteiger partial charge in [0.2, 0.25) is 5.54 Å². The number of hydrogen-bond donors (Lipinski definition) is 3. The number of carbonyl (C=O) groups is 3. The monoisotopic (exact) mass is 505 g/mol. The molecule has 10 nitrogen and oxygen atoms in total. The van der Waals surface area contributed by atoms with Gasteiger partial charge in [-0.1, -0.05) is 24.0 Å². The Morgan fingerprint density at radius 1 is 1.08 bits per heavy atom. The molecule has 37 heavy (non-hydrogen) atoms. The first-order valence-electron chi connectivity index (χ1n) is 11.9. The van der Waals surface area contributed by atoms with Gasteiger partial charge in [0.15, 0.2) is 0 Å². The number of nitrogens with one attached hydrogen (secondary N) is 1.